The van der Waals surface area contributed by atoms with Gasteiger partial charge in [-0.05, 0) is 44.9 Å². The summed E-state index contributed by atoms with van der Waals surface area (Å²) in [6, 6.07) is 1.02. The Hall–Kier alpha value is -2.93. The zero-order chi connectivity index (χ0) is 21.7. The smallest absolute Gasteiger partial charge is 0.313 e. The quantitative estimate of drug-likeness (QED) is 0.593. The third-order valence-corrected chi connectivity index (χ3v) is 4.59. The Kier molecular flexibility index (Phi) is 7.34. The van der Waals surface area contributed by atoms with E-state index in [1.165, 1.54) is 37.7 Å². The van der Waals surface area contributed by atoms with Crippen LogP contribution in [0.3, 0.4) is 0 Å². The number of ether oxygens (including phenoxy) is 1. The second kappa shape index (κ2) is 9.52. The fourth-order valence-corrected chi connectivity index (χ4v) is 2.94. The number of hydrogen-bond acceptors (Lipinski definition) is 7. The molecule has 1 heterocycles. The molecule has 1 aromatic carbocycles. The van der Waals surface area contributed by atoms with Crippen LogP contribution in [0.2, 0.25) is 0 Å². The third-order valence-electron chi connectivity index (χ3n) is 3.96. The van der Waals surface area contributed by atoms with Gasteiger partial charge in [-0.25, -0.2) is 9.07 Å². The normalized spacial score (nSPS) is 10.6. The number of benzene rings is 1. The number of nitrogens with one attached hydrogen (secondary N) is 2. The van der Waals surface area contributed by atoms with Crippen molar-refractivity contribution < 1.29 is 23.5 Å². The number of nitrogens with zero attached hydrogens (tertiary/aromatic N) is 5. The fraction of sp³-hybridized carbons (Fsp3) is 0.375. The number of likely N-dealkylation sites (N-methyl/N-ethyl adjacent to an activating group) is 1. The summed E-state index contributed by atoms with van der Waals surface area (Å²) in [5.41, 5.74) is -0.122. The van der Waals surface area contributed by atoms with E-state index in [1.54, 1.807) is 0 Å². The Bertz CT molecular complexity index is 950. The number of aryl methyl sites for hydroxylation is 1. The molecule has 13 heteroatoms. The minimum atomic E-state index is -0.942. The van der Waals surface area contributed by atoms with Gasteiger partial charge in [0.05, 0.1) is 17.9 Å². The Labute approximate surface area is 173 Å². The van der Waals surface area contributed by atoms with Crippen molar-refractivity contribution in [1.82, 2.24) is 25.1 Å². The van der Waals surface area contributed by atoms with Crippen LogP contribution in [0.15, 0.2) is 10.5 Å². The highest BCUT2D eigenvalue weighted by atomic mass is 79.9. The van der Waals surface area contributed by atoms with Gasteiger partial charge in [-0.2, -0.15) is 0 Å². The van der Waals surface area contributed by atoms with Crippen molar-refractivity contribution in [2.45, 2.75) is 6.92 Å². The Morgan fingerprint density at radius 3 is 2.62 bits per heavy atom. The Morgan fingerprint density at radius 1 is 1.34 bits per heavy atom. The maximum atomic E-state index is 14.5. The molecule has 2 rings (SSSR count). The van der Waals surface area contributed by atoms with E-state index >= 15 is 0 Å². The van der Waals surface area contributed by atoms with E-state index < -0.39 is 23.5 Å². The van der Waals surface area contributed by atoms with Crippen LogP contribution in [0, 0.1) is 12.7 Å². The molecule has 29 heavy (non-hydrogen) atoms. The summed E-state index contributed by atoms with van der Waals surface area (Å²) in [5.74, 6) is -3.39. The van der Waals surface area contributed by atoms with Gasteiger partial charge >= 0.3 is 11.8 Å². The lowest BCUT2D eigenvalue weighted by atomic mass is 10.0. The van der Waals surface area contributed by atoms with Crippen LogP contribution >= 0.6 is 15.9 Å². The van der Waals surface area contributed by atoms with Crippen LogP contribution in [-0.2, 0) is 21.4 Å². The summed E-state index contributed by atoms with van der Waals surface area (Å²) in [6.07, 6.45) is 0. The average molecular weight is 472 g/mol. The number of anilines is 2. The summed E-state index contributed by atoms with van der Waals surface area (Å²) in [5, 5.41) is 15.4. The molecule has 0 fully saturated rings. The van der Waals surface area contributed by atoms with Crippen molar-refractivity contribution in [3.05, 3.63) is 27.5 Å². The number of carbonyl (C=O) groups excluding carboxylic acids is 3. The van der Waals surface area contributed by atoms with E-state index in [0.717, 1.165) is 6.07 Å². The molecule has 1 aromatic heterocycles. The van der Waals surface area contributed by atoms with Crippen molar-refractivity contribution in [2.24, 2.45) is 7.05 Å². The minimum Gasteiger partial charge on any atom is -0.383 e. The van der Waals surface area contributed by atoms with Crippen molar-refractivity contribution in [2.75, 3.05) is 37.9 Å². The zero-order valence-electron chi connectivity index (χ0n) is 16.1. The van der Waals surface area contributed by atoms with Gasteiger partial charge < -0.3 is 15.0 Å². The van der Waals surface area contributed by atoms with Gasteiger partial charge in [0.2, 0.25) is 5.95 Å². The lowest BCUT2D eigenvalue weighted by Crippen LogP contribution is -2.39. The van der Waals surface area contributed by atoms with Crippen LogP contribution in [-0.4, -0.2) is 70.1 Å². The molecule has 2 aromatic rings. The number of tetrazole rings is 1. The van der Waals surface area contributed by atoms with E-state index in [9.17, 15) is 18.8 Å². The summed E-state index contributed by atoms with van der Waals surface area (Å²) in [7, 11) is 4.42. The second-order valence-electron chi connectivity index (χ2n) is 5.97. The standard InChI is InChI=1S/C16H19BrFN7O4/c1-8-11(13(26)20-16-21-22-23-25(16)3)10(18)7-9(17)12(8)19-14(27)15(28)24(2)5-6-29-4/h7H,5-6H2,1-4H3,(H,19,27)(H,20,21,23,26). The number of amides is 3. The molecule has 0 bridgehead atoms. The molecule has 11 nitrogen and oxygen atoms in total. The Balaban J connectivity index is 2.28. The highest BCUT2D eigenvalue weighted by molar-refractivity contribution is 9.10. The van der Waals surface area contributed by atoms with Crippen molar-refractivity contribution >= 4 is 45.3 Å². The minimum absolute atomic E-state index is 0.0113. The van der Waals surface area contributed by atoms with Gasteiger partial charge in [0.25, 0.3) is 5.91 Å². The molecule has 0 atom stereocenters. The SMILES string of the molecule is COCCN(C)C(=O)C(=O)Nc1c(Br)cc(F)c(C(=O)Nc2nnnn2C)c1C. The van der Waals surface area contributed by atoms with Gasteiger partial charge in [-0.15, -0.1) is 0 Å². The molecule has 0 spiro atoms. The molecule has 0 aliphatic heterocycles. The first-order valence-corrected chi connectivity index (χ1v) is 9.04. The van der Waals surface area contributed by atoms with Crippen molar-refractivity contribution in [1.29, 1.82) is 0 Å². The summed E-state index contributed by atoms with van der Waals surface area (Å²) < 4.78 is 20.7. The predicted molar refractivity (Wildman–Crippen MR) is 104 cm³/mol. The molecular weight excluding hydrogens is 453 g/mol. The van der Waals surface area contributed by atoms with Gasteiger partial charge in [-0.1, -0.05) is 5.10 Å². The van der Waals surface area contributed by atoms with E-state index in [4.69, 9.17) is 4.74 Å². The highest BCUT2D eigenvalue weighted by Crippen LogP contribution is 2.31. The lowest BCUT2D eigenvalue weighted by Gasteiger charge is -2.18. The van der Waals surface area contributed by atoms with Gasteiger partial charge in [-0.3, -0.25) is 19.7 Å². The number of methoxy groups -OCH3 is 1. The fourth-order valence-electron chi connectivity index (χ4n) is 2.34. The average Bonchev–Trinajstić information content (AvgIpc) is 3.06. The van der Waals surface area contributed by atoms with Crippen LogP contribution in [0.25, 0.3) is 0 Å². The largest absolute Gasteiger partial charge is 0.383 e. The summed E-state index contributed by atoms with van der Waals surface area (Å²) >= 11 is 3.14. The molecule has 0 saturated carbocycles. The van der Waals surface area contributed by atoms with Gasteiger partial charge in [0.1, 0.15) is 5.82 Å². The zero-order valence-corrected chi connectivity index (χ0v) is 17.7. The van der Waals surface area contributed by atoms with Crippen LogP contribution in [0.1, 0.15) is 15.9 Å². The highest BCUT2D eigenvalue weighted by Gasteiger charge is 2.25. The molecule has 3 amide bonds. The first-order chi connectivity index (χ1) is 13.7. The Morgan fingerprint density at radius 2 is 2.03 bits per heavy atom. The summed E-state index contributed by atoms with van der Waals surface area (Å²) in [4.78, 5) is 38.2. The first kappa shape index (κ1) is 22.4. The maximum absolute atomic E-state index is 14.5. The van der Waals surface area contributed by atoms with E-state index in [1.807, 2.05) is 0 Å². The van der Waals surface area contributed by atoms with Crippen LogP contribution in [0.4, 0.5) is 16.0 Å². The van der Waals surface area contributed by atoms with Crippen LogP contribution < -0.4 is 10.6 Å². The van der Waals surface area contributed by atoms with E-state index in [2.05, 4.69) is 42.1 Å². The predicted octanol–water partition coefficient (Wildman–Crippen LogP) is 0.716. The topological polar surface area (TPSA) is 131 Å². The number of rotatable bonds is 6. The number of aromatic nitrogens is 4. The number of carbonyl (C=O) groups is 3. The summed E-state index contributed by atoms with van der Waals surface area (Å²) in [6.45, 7) is 1.91. The molecule has 0 aliphatic carbocycles. The first-order valence-electron chi connectivity index (χ1n) is 8.25. The third kappa shape index (κ3) is 5.12. The molecule has 0 unspecified atom stereocenters. The lowest BCUT2D eigenvalue weighted by molar-refractivity contribution is -0.142. The molecule has 0 aliphatic rings. The molecule has 0 saturated heterocycles. The van der Waals surface area contributed by atoms with E-state index in [0.29, 0.717) is 0 Å². The second-order valence-corrected chi connectivity index (χ2v) is 6.82. The number of hydrogen-bond donors (Lipinski definition) is 2. The molecule has 156 valence electrons. The van der Waals surface area contributed by atoms with E-state index in [-0.39, 0.29) is 40.4 Å². The van der Waals surface area contributed by atoms with Gasteiger partial charge in [0, 0.05) is 32.2 Å². The molecule has 2 N–H and O–H groups in total. The molecular formula is C16H19BrFN7O4. The number of halogens is 2. The maximum Gasteiger partial charge on any atom is 0.313 e. The monoisotopic (exact) mass is 471 g/mol. The van der Waals surface area contributed by atoms with Crippen molar-refractivity contribution in [3.63, 3.8) is 0 Å². The molecule has 0 radical (unpaired) electrons. The van der Waals surface area contributed by atoms with Crippen molar-refractivity contribution in [3.8, 4) is 0 Å². The van der Waals surface area contributed by atoms with Gasteiger partial charge in [0.15, 0.2) is 0 Å². The van der Waals surface area contributed by atoms with Crippen LogP contribution in [0.5, 0.6) is 0 Å².